The highest BCUT2D eigenvalue weighted by molar-refractivity contribution is 14.1. The zero-order valence-electron chi connectivity index (χ0n) is 14.7. The Bertz CT molecular complexity index is 794. The van der Waals surface area contributed by atoms with Crippen molar-refractivity contribution in [3.05, 3.63) is 57.7 Å². The molecule has 1 aliphatic heterocycles. The van der Waals surface area contributed by atoms with Crippen LogP contribution in [-0.4, -0.2) is 23.6 Å². The summed E-state index contributed by atoms with van der Waals surface area (Å²) in [5, 5.41) is 6.10. The molecule has 2 aromatic rings. The molecule has 1 saturated heterocycles. The Balaban J connectivity index is 1.58. The maximum absolute atomic E-state index is 12.2. The molecule has 0 spiro atoms. The second-order valence-corrected chi connectivity index (χ2v) is 8.16. The molecule has 1 aliphatic rings. The molecule has 0 aromatic heterocycles. The number of hydrogen-bond donors (Lipinski definition) is 2. The zero-order chi connectivity index (χ0) is 18.5. The van der Waals surface area contributed by atoms with Crippen LogP contribution < -0.4 is 15.5 Å². The monoisotopic (exact) mass is 479 g/mol. The predicted molar refractivity (Wildman–Crippen MR) is 120 cm³/mol. The van der Waals surface area contributed by atoms with Crippen molar-refractivity contribution in [3.63, 3.8) is 0 Å². The largest absolute Gasteiger partial charge is 0.369 e. The molecule has 4 nitrogen and oxygen atoms in total. The van der Waals surface area contributed by atoms with Crippen LogP contribution >= 0.6 is 34.8 Å². The summed E-state index contributed by atoms with van der Waals surface area (Å²) in [7, 11) is 0. The third kappa shape index (κ3) is 4.94. The Morgan fingerprint density at radius 3 is 2.65 bits per heavy atom. The number of nitrogens with one attached hydrogen (secondary N) is 2. The average molecular weight is 479 g/mol. The fraction of sp³-hybridized carbons (Fsp3) is 0.300. The second-order valence-electron chi connectivity index (χ2n) is 6.50. The minimum absolute atomic E-state index is 0.209. The first-order valence-electron chi connectivity index (χ1n) is 8.77. The lowest BCUT2D eigenvalue weighted by molar-refractivity contribution is 0.0977. The van der Waals surface area contributed by atoms with E-state index >= 15 is 0 Å². The Morgan fingerprint density at radius 1 is 1.19 bits per heavy atom. The maximum atomic E-state index is 12.2. The number of rotatable bonds is 3. The van der Waals surface area contributed by atoms with Gasteiger partial charge in [0.05, 0.1) is 0 Å². The van der Waals surface area contributed by atoms with E-state index in [9.17, 15) is 4.79 Å². The van der Waals surface area contributed by atoms with Gasteiger partial charge in [0.15, 0.2) is 5.11 Å². The molecule has 1 amide bonds. The average Bonchev–Trinajstić information content (AvgIpc) is 2.63. The van der Waals surface area contributed by atoms with Gasteiger partial charge in [-0.3, -0.25) is 10.1 Å². The molecule has 0 radical (unpaired) electrons. The van der Waals surface area contributed by atoms with Gasteiger partial charge in [-0.05, 0) is 103 Å². The summed E-state index contributed by atoms with van der Waals surface area (Å²) in [6, 6.07) is 16.2. The van der Waals surface area contributed by atoms with E-state index in [1.807, 2.05) is 30.3 Å². The number of benzene rings is 2. The van der Waals surface area contributed by atoms with Gasteiger partial charge in [0.25, 0.3) is 5.91 Å². The molecule has 0 unspecified atom stereocenters. The number of carbonyl (C=O) groups is 1. The van der Waals surface area contributed by atoms with Gasteiger partial charge in [-0.1, -0.05) is 6.07 Å². The molecular formula is C20H22IN3OS. The summed E-state index contributed by atoms with van der Waals surface area (Å²) in [5.74, 6) is -0.209. The van der Waals surface area contributed by atoms with Gasteiger partial charge in [0.1, 0.15) is 0 Å². The number of piperidine rings is 1. The van der Waals surface area contributed by atoms with E-state index in [1.165, 1.54) is 24.9 Å². The highest BCUT2D eigenvalue weighted by atomic mass is 127. The first kappa shape index (κ1) is 19.1. The Hall–Kier alpha value is -1.67. The summed E-state index contributed by atoms with van der Waals surface area (Å²) >= 11 is 7.45. The lowest BCUT2D eigenvalue weighted by Gasteiger charge is -2.35. The number of amides is 1. The van der Waals surface area contributed by atoms with Crippen LogP contribution in [0.25, 0.3) is 0 Å². The highest BCUT2D eigenvalue weighted by Gasteiger charge is 2.18. The van der Waals surface area contributed by atoms with Gasteiger partial charge < -0.3 is 10.2 Å². The standard InChI is InChI=1S/C20H22IN3OS/c1-14-5-2-3-12-24(14)18-10-8-17(9-11-18)22-20(26)23-19(25)15-6-4-7-16(21)13-15/h4,6-11,13-14H,2-3,5,12H2,1H3,(H2,22,23,25,26)/t14-/m0/s1. The normalized spacial score (nSPS) is 16.8. The molecule has 1 atom stereocenters. The highest BCUT2D eigenvalue weighted by Crippen LogP contribution is 2.25. The van der Waals surface area contributed by atoms with Gasteiger partial charge in [-0.15, -0.1) is 0 Å². The predicted octanol–water partition coefficient (Wildman–Crippen LogP) is 4.80. The summed E-state index contributed by atoms with van der Waals surface area (Å²) < 4.78 is 1.01. The van der Waals surface area contributed by atoms with Crippen LogP contribution in [0.4, 0.5) is 11.4 Å². The summed E-state index contributed by atoms with van der Waals surface area (Å²) in [6.07, 6.45) is 3.80. The van der Waals surface area contributed by atoms with Crippen molar-refractivity contribution in [1.82, 2.24) is 5.32 Å². The van der Waals surface area contributed by atoms with Crippen molar-refractivity contribution < 1.29 is 4.79 Å². The van der Waals surface area contributed by atoms with Crippen LogP contribution in [0, 0.1) is 3.57 Å². The van der Waals surface area contributed by atoms with Crippen LogP contribution in [0.15, 0.2) is 48.5 Å². The van der Waals surface area contributed by atoms with Crippen molar-refractivity contribution in [1.29, 1.82) is 0 Å². The van der Waals surface area contributed by atoms with E-state index in [0.717, 1.165) is 15.8 Å². The van der Waals surface area contributed by atoms with Crippen LogP contribution in [0.5, 0.6) is 0 Å². The Morgan fingerprint density at radius 2 is 1.96 bits per heavy atom. The SMILES string of the molecule is C[C@H]1CCCCN1c1ccc(NC(=S)NC(=O)c2cccc(I)c2)cc1. The van der Waals surface area contributed by atoms with Gasteiger partial charge in [-0.25, -0.2) is 0 Å². The molecule has 136 valence electrons. The fourth-order valence-electron chi connectivity index (χ4n) is 3.19. The first-order chi connectivity index (χ1) is 12.5. The van der Waals surface area contributed by atoms with Crippen LogP contribution in [0.1, 0.15) is 36.5 Å². The third-order valence-electron chi connectivity index (χ3n) is 4.57. The molecule has 1 heterocycles. The number of thiocarbonyl (C=S) groups is 1. The quantitative estimate of drug-likeness (QED) is 0.491. The number of hydrogen-bond acceptors (Lipinski definition) is 3. The summed E-state index contributed by atoms with van der Waals surface area (Å²) in [5.41, 5.74) is 2.69. The Labute approximate surface area is 173 Å². The molecule has 6 heteroatoms. The topological polar surface area (TPSA) is 44.4 Å². The van der Waals surface area contributed by atoms with Crippen molar-refractivity contribution in [3.8, 4) is 0 Å². The third-order valence-corrected chi connectivity index (χ3v) is 5.45. The van der Waals surface area contributed by atoms with Crippen LogP contribution in [-0.2, 0) is 0 Å². The minimum atomic E-state index is -0.209. The second kappa shape index (κ2) is 8.81. The maximum Gasteiger partial charge on any atom is 0.257 e. The summed E-state index contributed by atoms with van der Waals surface area (Å²) in [6.45, 7) is 3.39. The van der Waals surface area contributed by atoms with Crippen molar-refractivity contribution >= 4 is 57.2 Å². The molecule has 0 bridgehead atoms. The smallest absolute Gasteiger partial charge is 0.257 e. The number of nitrogens with zero attached hydrogens (tertiary/aromatic N) is 1. The van der Waals surface area contributed by atoms with Crippen molar-refractivity contribution in [2.75, 3.05) is 16.8 Å². The number of halogens is 1. The zero-order valence-corrected chi connectivity index (χ0v) is 17.6. The number of carbonyl (C=O) groups excluding carboxylic acids is 1. The van der Waals surface area contributed by atoms with Gasteiger partial charge in [-0.2, -0.15) is 0 Å². The molecular weight excluding hydrogens is 457 g/mol. The Kier molecular flexibility index (Phi) is 6.48. The minimum Gasteiger partial charge on any atom is -0.369 e. The van der Waals surface area contributed by atoms with Gasteiger partial charge in [0.2, 0.25) is 0 Å². The molecule has 2 aromatic carbocycles. The molecule has 1 fully saturated rings. The van der Waals surface area contributed by atoms with E-state index < -0.39 is 0 Å². The van der Waals surface area contributed by atoms with Crippen molar-refractivity contribution in [2.24, 2.45) is 0 Å². The first-order valence-corrected chi connectivity index (χ1v) is 10.3. The molecule has 0 aliphatic carbocycles. The van der Waals surface area contributed by atoms with Crippen LogP contribution in [0.2, 0.25) is 0 Å². The molecule has 2 N–H and O–H groups in total. The molecule has 0 saturated carbocycles. The van der Waals surface area contributed by atoms with E-state index in [0.29, 0.717) is 16.7 Å². The van der Waals surface area contributed by atoms with Crippen LogP contribution in [0.3, 0.4) is 0 Å². The molecule has 26 heavy (non-hydrogen) atoms. The lowest BCUT2D eigenvalue weighted by Crippen LogP contribution is -2.37. The fourth-order valence-corrected chi connectivity index (χ4v) is 3.94. The van der Waals surface area contributed by atoms with Gasteiger partial charge >= 0.3 is 0 Å². The van der Waals surface area contributed by atoms with E-state index in [4.69, 9.17) is 12.2 Å². The number of anilines is 2. The summed E-state index contributed by atoms with van der Waals surface area (Å²) in [4.78, 5) is 14.7. The van der Waals surface area contributed by atoms with E-state index in [2.05, 4.69) is 57.2 Å². The van der Waals surface area contributed by atoms with E-state index in [-0.39, 0.29) is 5.91 Å². The van der Waals surface area contributed by atoms with E-state index in [1.54, 1.807) is 6.07 Å². The van der Waals surface area contributed by atoms with Gasteiger partial charge in [0, 0.05) is 33.1 Å². The molecule has 3 rings (SSSR count). The van der Waals surface area contributed by atoms with Crippen molar-refractivity contribution in [2.45, 2.75) is 32.2 Å². The lowest BCUT2D eigenvalue weighted by atomic mass is 10.0.